The molecule has 0 bridgehead atoms. The molecule has 4 saturated heterocycles. The molecule has 2 aromatic heterocycles. The average Bonchev–Trinajstić information content (AvgIpc) is 3.72. The van der Waals surface area contributed by atoms with Gasteiger partial charge in [0.15, 0.2) is 5.82 Å². The zero-order chi connectivity index (χ0) is 54.9. The summed E-state index contributed by atoms with van der Waals surface area (Å²) in [5, 5.41) is 17.3. The Bertz CT molecular complexity index is 2890. The number of hydrogen-bond acceptors (Lipinski definition) is 18. The number of nitrogens with two attached hydrogens (primary N) is 1. The summed E-state index contributed by atoms with van der Waals surface area (Å²) >= 11 is 8.01. The molecule has 0 saturated carbocycles. The summed E-state index contributed by atoms with van der Waals surface area (Å²) in [6, 6.07) is 9.47. The van der Waals surface area contributed by atoms with Gasteiger partial charge >= 0.3 is 6.09 Å². The number of piperazine rings is 1. The number of piperidine rings is 2. The van der Waals surface area contributed by atoms with Gasteiger partial charge < -0.3 is 55.3 Å². The number of fused-ring (bicyclic) bond motifs is 1. The Hall–Kier alpha value is -6.60. The SMILES string of the molecule is C[C@@H]1OCC2(CCN(c3cnc(Sc4cccc(NC(=O)CCC(=O)N5CCN(C(=O)CCOCCOCCNc6cccc7cnn(C8CCC(=O)NC8=O)c(=O)c67)CC5)c4Cl)c(N)n3)CC2)[C@@H]1NC(=O)OC(C)(C)C. The molecule has 1 spiro atoms. The molecule has 77 heavy (non-hydrogen) atoms. The molecule has 8 rings (SSSR count). The predicted molar refractivity (Wildman–Crippen MR) is 288 cm³/mol. The normalized spacial score (nSPS) is 19.5. The second-order valence-corrected chi connectivity index (χ2v) is 21.9. The molecule has 1 unspecified atom stereocenters. The maximum absolute atomic E-state index is 13.4. The lowest BCUT2D eigenvalue weighted by atomic mass is 9.73. The number of halogens is 1. The molecule has 6 N–H and O–H groups in total. The first-order valence-corrected chi connectivity index (χ1v) is 27.1. The Morgan fingerprint density at radius 3 is 2.29 bits per heavy atom. The molecular formula is C52H67ClN12O11S. The highest BCUT2D eigenvalue weighted by Crippen LogP contribution is 2.44. The first-order valence-electron chi connectivity index (χ1n) is 25.9. The van der Waals surface area contributed by atoms with Gasteiger partial charge in [0, 0.05) is 86.5 Å². The van der Waals surface area contributed by atoms with Crippen LogP contribution in [0.5, 0.6) is 0 Å². The van der Waals surface area contributed by atoms with Gasteiger partial charge in [0.25, 0.3) is 11.5 Å². The third-order valence-corrected chi connectivity index (χ3v) is 15.6. The molecule has 0 aliphatic carbocycles. The van der Waals surface area contributed by atoms with Crippen LogP contribution in [0.15, 0.2) is 63.5 Å². The molecule has 6 amide bonds. The van der Waals surface area contributed by atoms with E-state index in [2.05, 4.69) is 41.2 Å². The average molecular weight is 1100 g/mol. The molecule has 4 aliphatic rings. The van der Waals surface area contributed by atoms with Crippen molar-refractivity contribution in [2.24, 2.45) is 5.41 Å². The highest BCUT2D eigenvalue weighted by molar-refractivity contribution is 7.99. The van der Waals surface area contributed by atoms with E-state index in [1.807, 2.05) is 27.7 Å². The highest BCUT2D eigenvalue weighted by Gasteiger charge is 2.50. The predicted octanol–water partition coefficient (Wildman–Crippen LogP) is 4.37. The van der Waals surface area contributed by atoms with E-state index >= 15 is 0 Å². The zero-order valence-corrected chi connectivity index (χ0v) is 45.3. The van der Waals surface area contributed by atoms with Crippen LogP contribution in [0.1, 0.15) is 78.7 Å². The van der Waals surface area contributed by atoms with Crippen LogP contribution in [0.25, 0.3) is 10.8 Å². The van der Waals surface area contributed by atoms with Gasteiger partial charge in [-0.05, 0) is 65.2 Å². The molecule has 4 fully saturated rings. The number of anilines is 4. The highest BCUT2D eigenvalue weighted by atomic mass is 35.5. The zero-order valence-electron chi connectivity index (χ0n) is 43.8. The monoisotopic (exact) mass is 1100 g/mol. The number of nitrogens with zero attached hydrogens (tertiary/aromatic N) is 7. The van der Waals surface area contributed by atoms with Gasteiger partial charge in [-0.3, -0.25) is 34.1 Å². The first-order chi connectivity index (χ1) is 36.9. The number of amides is 6. The lowest BCUT2D eigenvalue weighted by Gasteiger charge is -2.43. The Morgan fingerprint density at radius 1 is 0.896 bits per heavy atom. The molecular weight excluding hydrogens is 1040 g/mol. The van der Waals surface area contributed by atoms with Crippen LogP contribution in [0, 0.1) is 5.41 Å². The largest absolute Gasteiger partial charge is 0.444 e. The Labute approximate surface area is 454 Å². The maximum Gasteiger partial charge on any atom is 0.407 e. The van der Waals surface area contributed by atoms with E-state index in [-0.39, 0.29) is 104 Å². The minimum absolute atomic E-state index is 0.0147. The second kappa shape index (κ2) is 25.2. The second-order valence-electron chi connectivity index (χ2n) is 20.5. The number of rotatable bonds is 19. The minimum atomic E-state index is -0.869. The van der Waals surface area contributed by atoms with Gasteiger partial charge in [0.2, 0.25) is 23.6 Å². The van der Waals surface area contributed by atoms with Crippen molar-refractivity contribution in [1.82, 2.24) is 40.2 Å². The lowest BCUT2D eigenvalue weighted by Crippen LogP contribution is -2.55. The Kier molecular flexibility index (Phi) is 18.6. The fraction of sp³-hybridized carbons (Fsp3) is 0.538. The number of hydrogen-bond donors (Lipinski definition) is 5. The van der Waals surface area contributed by atoms with Crippen LogP contribution in [0.2, 0.25) is 5.02 Å². The molecule has 0 radical (unpaired) electrons. The molecule has 6 heterocycles. The number of aromatic nitrogens is 4. The lowest BCUT2D eigenvalue weighted by molar-refractivity contribution is -0.140. The summed E-state index contributed by atoms with van der Waals surface area (Å²) in [5.41, 5.74) is 6.11. The molecule has 4 aliphatic heterocycles. The number of nitrogens with one attached hydrogen (secondary N) is 4. The van der Waals surface area contributed by atoms with Crippen molar-refractivity contribution in [3.63, 3.8) is 0 Å². The summed E-state index contributed by atoms with van der Waals surface area (Å²) in [6.07, 6.45) is 4.54. The van der Waals surface area contributed by atoms with E-state index in [1.165, 1.54) is 18.0 Å². The molecule has 414 valence electrons. The molecule has 4 aromatic rings. The minimum Gasteiger partial charge on any atom is -0.444 e. The third kappa shape index (κ3) is 14.3. The molecule has 23 nitrogen and oxygen atoms in total. The van der Waals surface area contributed by atoms with Crippen molar-refractivity contribution in [1.29, 1.82) is 0 Å². The summed E-state index contributed by atoms with van der Waals surface area (Å²) in [7, 11) is 0. The fourth-order valence-corrected chi connectivity index (χ4v) is 11.0. The number of alkyl carbamates (subject to hydrolysis) is 1. The number of nitrogen functional groups attached to an aromatic ring is 1. The van der Waals surface area contributed by atoms with Crippen molar-refractivity contribution < 1.29 is 47.7 Å². The van der Waals surface area contributed by atoms with Crippen molar-refractivity contribution in [3.8, 4) is 0 Å². The van der Waals surface area contributed by atoms with Crippen molar-refractivity contribution >= 4 is 92.8 Å². The van der Waals surface area contributed by atoms with Crippen LogP contribution >= 0.6 is 23.4 Å². The quantitative estimate of drug-likeness (QED) is 0.0643. The maximum atomic E-state index is 13.4. The summed E-state index contributed by atoms with van der Waals surface area (Å²) in [4.78, 5) is 105. The van der Waals surface area contributed by atoms with Gasteiger partial charge in [-0.25, -0.2) is 19.4 Å². The summed E-state index contributed by atoms with van der Waals surface area (Å²) in [6.45, 7) is 12.2. The number of carbonyl (C=O) groups is 6. The number of ether oxygens (including phenoxy) is 4. The van der Waals surface area contributed by atoms with Crippen LogP contribution in [-0.4, -0.2) is 162 Å². The van der Waals surface area contributed by atoms with Crippen LogP contribution in [0.3, 0.4) is 0 Å². The van der Waals surface area contributed by atoms with Crippen LogP contribution in [0.4, 0.5) is 27.8 Å². The number of benzene rings is 2. The third-order valence-electron chi connectivity index (χ3n) is 14.0. The van der Waals surface area contributed by atoms with Gasteiger partial charge in [-0.1, -0.05) is 41.6 Å². The first kappa shape index (κ1) is 56.6. The van der Waals surface area contributed by atoms with Gasteiger partial charge in [-0.2, -0.15) is 5.10 Å². The van der Waals surface area contributed by atoms with E-state index in [1.54, 1.807) is 52.4 Å². The van der Waals surface area contributed by atoms with E-state index in [0.29, 0.717) is 96.9 Å². The van der Waals surface area contributed by atoms with E-state index in [9.17, 15) is 33.6 Å². The Morgan fingerprint density at radius 2 is 1.58 bits per heavy atom. The van der Waals surface area contributed by atoms with Crippen LogP contribution < -0.4 is 37.5 Å². The topological polar surface area (TPSA) is 284 Å². The smallest absolute Gasteiger partial charge is 0.407 e. The van der Waals surface area contributed by atoms with Crippen LogP contribution in [-0.2, 0) is 42.9 Å². The van der Waals surface area contributed by atoms with E-state index in [0.717, 1.165) is 17.5 Å². The van der Waals surface area contributed by atoms with Crippen molar-refractivity contribution in [2.45, 2.75) is 106 Å². The molecule has 2 aromatic carbocycles. The van der Waals surface area contributed by atoms with Gasteiger partial charge in [0.05, 0.1) is 80.1 Å². The number of carbonyl (C=O) groups excluding carboxylic acids is 6. The fourth-order valence-electron chi connectivity index (χ4n) is 9.91. The van der Waals surface area contributed by atoms with E-state index < -0.39 is 29.2 Å². The molecule has 25 heteroatoms. The molecule has 3 atom stereocenters. The summed E-state index contributed by atoms with van der Waals surface area (Å²) in [5.74, 6) is -0.716. The van der Waals surface area contributed by atoms with Crippen molar-refractivity contribution in [3.05, 3.63) is 64.2 Å². The standard InChI is InChI=1S/C52H67ClN12O11S/c1-32-45(61-50(72)76-51(2,3)4)52(31-75-32)16-19-62(20-17-52)38-30-56-48(46(54)59-38)77-37-10-6-9-35(44(37)53)58-39(66)13-14-41(68)63-21-23-64(24-22-63)42(69)15-25-73-27-28-74-26-18-55-34-8-5-7-33-29-57-65(49(71)43(33)34)36-11-12-40(67)60-47(36)70/h5-10,29-30,32,36,45,55H,11-28,31H2,1-4H3,(H2,54,59)(H,58,66)(H,61,72)(H,60,67,70)/t32-,36?,45+/m0/s1. The van der Waals surface area contributed by atoms with Gasteiger partial charge in [0.1, 0.15) is 22.5 Å². The Balaban J connectivity index is 0.696. The van der Waals surface area contributed by atoms with E-state index in [4.69, 9.17) is 36.3 Å². The van der Waals surface area contributed by atoms with Crippen molar-refractivity contribution in [2.75, 3.05) is 100 Å². The van der Waals surface area contributed by atoms with Gasteiger partial charge in [-0.15, -0.1) is 0 Å². The summed E-state index contributed by atoms with van der Waals surface area (Å²) < 4.78 is 24.0. The number of imide groups is 1.